The first-order chi connectivity index (χ1) is 11.2. The Morgan fingerprint density at radius 2 is 1.35 bits per heavy atom. The maximum atomic E-state index is 9.11. The van der Waals surface area contributed by atoms with Crippen LogP contribution in [0.4, 0.5) is 0 Å². The molecule has 0 amide bonds. The van der Waals surface area contributed by atoms with Gasteiger partial charge in [-0.15, -0.1) is 0 Å². The lowest BCUT2D eigenvalue weighted by Crippen LogP contribution is -2.29. The summed E-state index contributed by atoms with van der Waals surface area (Å²) in [6.07, 6.45) is 6.19. The lowest BCUT2D eigenvalue weighted by atomic mass is 9.80. The van der Waals surface area contributed by atoms with Gasteiger partial charge in [0, 0.05) is 0 Å². The van der Waals surface area contributed by atoms with Crippen molar-refractivity contribution in [2.75, 3.05) is 6.61 Å². The van der Waals surface area contributed by atoms with Gasteiger partial charge in [-0.25, -0.2) is 0 Å². The van der Waals surface area contributed by atoms with Crippen molar-refractivity contribution in [1.82, 2.24) is 0 Å². The van der Waals surface area contributed by atoms with Crippen molar-refractivity contribution in [2.24, 2.45) is 0 Å². The van der Waals surface area contributed by atoms with E-state index in [1.807, 2.05) is 36.4 Å². The average molecular weight is 312 g/mol. The molecule has 0 radical (unpaired) electrons. The van der Waals surface area contributed by atoms with E-state index >= 15 is 0 Å². The second-order valence-electron chi connectivity index (χ2n) is 5.78. The van der Waals surface area contributed by atoms with E-state index < -0.39 is 7.12 Å². The number of unbranched alkanes of at least 4 members (excludes halogenated alkanes) is 4. The molecular weight excluding hydrogens is 287 g/mol. The minimum Gasteiger partial charge on any atom is -0.494 e. The zero-order valence-corrected chi connectivity index (χ0v) is 13.7. The summed E-state index contributed by atoms with van der Waals surface area (Å²) in [4.78, 5) is 0. The molecule has 0 saturated carbocycles. The first-order valence-electron chi connectivity index (χ1n) is 8.40. The van der Waals surface area contributed by atoms with Crippen molar-refractivity contribution < 1.29 is 14.8 Å². The predicted octanol–water partition coefficient (Wildman–Crippen LogP) is 3.38. The van der Waals surface area contributed by atoms with Crippen LogP contribution in [0.2, 0.25) is 0 Å². The molecule has 2 rings (SSSR count). The molecule has 0 spiro atoms. The van der Waals surface area contributed by atoms with Crippen molar-refractivity contribution in [3.8, 4) is 16.9 Å². The predicted molar refractivity (Wildman–Crippen MR) is 96.0 cm³/mol. The summed E-state index contributed by atoms with van der Waals surface area (Å²) in [5, 5.41) is 18.2. The fourth-order valence-corrected chi connectivity index (χ4v) is 2.49. The maximum Gasteiger partial charge on any atom is 0.488 e. The van der Waals surface area contributed by atoms with E-state index in [0.717, 1.165) is 29.9 Å². The van der Waals surface area contributed by atoms with Gasteiger partial charge >= 0.3 is 7.12 Å². The zero-order chi connectivity index (χ0) is 16.5. The number of rotatable bonds is 9. The molecule has 0 aromatic heterocycles. The van der Waals surface area contributed by atoms with Crippen molar-refractivity contribution in [2.45, 2.75) is 39.0 Å². The highest BCUT2D eigenvalue weighted by atomic mass is 16.5. The van der Waals surface area contributed by atoms with Gasteiger partial charge in [-0.1, -0.05) is 69.0 Å². The summed E-state index contributed by atoms with van der Waals surface area (Å²) in [6, 6.07) is 15.2. The molecule has 0 aliphatic rings. The molecule has 4 heteroatoms. The van der Waals surface area contributed by atoms with E-state index in [9.17, 15) is 0 Å². The summed E-state index contributed by atoms with van der Waals surface area (Å²) in [7, 11) is -1.42. The van der Waals surface area contributed by atoms with Crippen LogP contribution in [0.3, 0.4) is 0 Å². The quantitative estimate of drug-likeness (QED) is 0.551. The molecule has 0 heterocycles. The van der Waals surface area contributed by atoms with Crippen molar-refractivity contribution in [3.63, 3.8) is 0 Å². The first-order valence-corrected chi connectivity index (χ1v) is 8.40. The first kappa shape index (κ1) is 17.6. The highest BCUT2D eigenvalue weighted by Gasteiger charge is 2.10. The van der Waals surface area contributed by atoms with Crippen molar-refractivity contribution >= 4 is 12.6 Å². The zero-order valence-electron chi connectivity index (χ0n) is 13.7. The molecule has 0 fully saturated rings. The third kappa shape index (κ3) is 5.74. The topological polar surface area (TPSA) is 49.7 Å². The Kier molecular flexibility index (Phi) is 7.17. The van der Waals surface area contributed by atoms with Crippen LogP contribution in [-0.4, -0.2) is 23.8 Å². The van der Waals surface area contributed by atoms with Crippen LogP contribution < -0.4 is 10.2 Å². The lowest BCUT2D eigenvalue weighted by molar-refractivity contribution is 0.304. The monoisotopic (exact) mass is 312 g/mol. The molecule has 0 aliphatic carbocycles. The van der Waals surface area contributed by atoms with Crippen LogP contribution in [0.15, 0.2) is 48.5 Å². The van der Waals surface area contributed by atoms with Crippen molar-refractivity contribution in [1.29, 1.82) is 0 Å². The summed E-state index contributed by atoms with van der Waals surface area (Å²) in [6.45, 7) is 2.99. The molecule has 0 unspecified atom stereocenters. The smallest absolute Gasteiger partial charge is 0.488 e. The van der Waals surface area contributed by atoms with Gasteiger partial charge in [0.25, 0.3) is 0 Å². The molecule has 0 atom stereocenters. The second kappa shape index (κ2) is 9.38. The Labute approximate surface area is 139 Å². The van der Waals surface area contributed by atoms with E-state index in [4.69, 9.17) is 14.8 Å². The average Bonchev–Trinajstić information content (AvgIpc) is 2.58. The minimum atomic E-state index is -1.42. The molecule has 122 valence electrons. The van der Waals surface area contributed by atoms with E-state index in [1.54, 1.807) is 12.1 Å². The van der Waals surface area contributed by atoms with Crippen LogP contribution in [0.5, 0.6) is 5.75 Å². The molecule has 0 aliphatic heterocycles. The highest BCUT2D eigenvalue weighted by molar-refractivity contribution is 6.58. The van der Waals surface area contributed by atoms with E-state index in [2.05, 4.69) is 6.92 Å². The van der Waals surface area contributed by atoms with E-state index in [-0.39, 0.29) is 0 Å². The van der Waals surface area contributed by atoms with E-state index in [1.165, 1.54) is 25.7 Å². The standard InChI is InChI=1S/C19H25BO3/c1-2-3-4-5-6-15-23-19-13-9-17(10-14-19)16-7-11-18(12-8-16)20(21)22/h7-14,21-22H,2-6,15H2,1H3. The molecule has 0 bridgehead atoms. The third-order valence-electron chi connectivity index (χ3n) is 3.91. The third-order valence-corrected chi connectivity index (χ3v) is 3.91. The van der Waals surface area contributed by atoms with Crippen LogP contribution in [0, 0.1) is 0 Å². The van der Waals surface area contributed by atoms with Gasteiger partial charge in [-0.3, -0.25) is 0 Å². The van der Waals surface area contributed by atoms with Gasteiger partial charge in [0.05, 0.1) is 6.61 Å². The fraction of sp³-hybridized carbons (Fsp3) is 0.368. The van der Waals surface area contributed by atoms with Crippen molar-refractivity contribution in [3.05, 3.63) is 48.5 Å². The summed E-state index contributed by atoms with van der Waals surface area (Å²) >= 11 is 0. The Balaban J connectivity index is 1.84. The molecule has 2 aromatic rings. The normalized spacial score (nSPS) is 10.6. The lowest BCUT2D eigenvalue weighted by Gasteiger charge is -2.08. The van der Waals surface area contributed by atoms with Gasteiger partial charge < -0.3 is 14.8 Å². The maximum absolute atomic E-state index is 9.11. The largest absolute Gasteiger partial charge is 0.494 e. The minimum absolute atomic E-state index is 0.497. The molecule has 23 heavy (non-hydrogen) atoms. The highest BCUT2D eigenvalue weighted by Crippen LogP contribution is 2.22. The Bertz CT molecular complexity index is 564. The number of benzene rings is 2. The summed E-state index contributed by atoms with van der Waals surface area (Å²) < 4.78 is 5.76. The van der Waals surface area contributed by atoms with Gasteiger partial charge in [-0.05, 0) is 35.1 Å². The second-order valence-corrected chi connectivity index (χ2v) is 5.78. The van der Waals surface area contributed by atoms with Crippen LogP contribution in [-0.2, 0) is 0 Å². The Hall–Kier alpha value is -1.78. The molecule has 3 nitrogen and oxygen atoms in total. The number of hydrogen-bond acceptors (Lipinski definition) is 3. The summed E-state index contributed by atoms with van der Waals surface area (Å²) in [5.74, 6) is 0.895. The molecule has 2 aromatic carbocycles. The van der Waals surface area contributed by atoms with Gasteiger partial charge in [0.15, 0.2) is 0 Å². The van der Waals surface area contributed by atoms with Gasteiger partial charge in [-0.2, -0.15) is 0 Å². The van der Waals surface area contributed by atoms with E-state index in [0.29, 0.717) is 5.46 Å². The molecular formula is C19H25BO3. The van der Waals surface area contributed by atoms with Gasteiger partial charge in [0.1, 0.15) is 5.75 Å². The van der Waals surface area contributed by atoms with Crippen LogP contribution in [0.1, 0.15) is 39.0 Å². The van der Waals surface area contributed by atoms with Gasteiger partial charge in [0.2, 0.25) is 0 Å². The summed E-state index contributed by atoms with van der Waals surface area (Å²) in [5.41, 5.74) is 2.62. The van der Waals surface area contributed by atoms with Crippen LogP contribution >= 0.6 is 0 Å². The Morgan fingerprint density at radius 3 is 1.91 bits per heavy atom. The van der Waals surface area contributed by atoms with Crippen LogP contribution in [0.25, 0.3) is 11.1 Å². The SMILES string of the molecule is CCCCCCCOc1ccc(-c2ccc(B(O)O)cc2)cc1. The molecule has 0 saturated heterocycles. The fourth-order valence-electron chi connectivity index (χ4n) is 2.49. The number of hydrogen-bond donors (Lipinski definition) is 2. The number of ether oxygens (including phenoxy) is 1. The molecule has 2 N–H and O–H groups in total. The Morgan fingerprint density at radius 1 is 0.783 bits per heavy atom.